The average molecular weight is 421 g/mol. The molecule has 0 bridgehead atoms. The molecule has 1 atom stereocenters. The predicted octanol–water partition coefficient (Wildman–Crippen LogP) is 2.05. The summed E-state index contributed by atoms with van der Waals surface area (Å²) in [5, 5.41) is 0. The minimum Gasteiger partial charge on any atom is -0.379 e. The van der Waals surface area contributed by atoms with E-state index in [1.807, 2.05) is 0 Å². The van der Waals surface area contributed by atoms with Gasteiger partial charge >= 0.3 is 0 Å². The molecule has 0 saturated carbocycles. The maximum Gasteiger partial charge on any atom is 0.237 e. The lowest BCUT2D eigenvalue weighted by Gasteiger charge is -2.43. The van der Waals surface area contributed by atoms with E-state index in [-0.39, 0.29) is 5.91 Å². The normalized spacial score (nSPS) is 22.5. The van der Waals surface area contributed by atoms with E-state index in [0.29, 0.717) is 19.1 Å². The van der Waals surface area contributed by atoms with Crippen molar-refractivity contribution < 1.29 is 9.53 Å². The van der Waals surface area contributed by atoms with Crippen LogP contribution < -0.4 is 4.90 Å². The van der Waals surface area contributed by atoms with Crippen LogP contribution in [0.25, 0.3) is 0 Å². The molecule has 0 spiro atoms. The van der Waals surface area contributed by atoms with Gasteiger partial charge in [0.25, 0.3) is 0 Å². The Labute approximate surface area is 185 Å². The van der Waals surface area contributed by atoms with E-state index in [4.69, 9.17) is 4.74 Å². The highest BCUT2D eigenvalue weighted by Gasteiger charge is 2.34. The number of ether oxygens (including phenoxy) is 1. The molecule has 2 fully saturated rings. The molecule has 1 unspecified atom stereocenters. The highest BCUT2D eigenvalue weighted by Crippen LogP contribution is 2.30. The standard InChI is InChI=1S/C25H32N4O2/c30-25(20-26-12-14-31-15-13-26)28-17-22-8-4-5-9-24(22)29-11-10-27(18-23(29)19-28)16-21-6-2-1-3-7-21/h1-9,23H,10-20H2. The maximum absolute atomic E-state index is 13.3. The summed E-state index contributed by atoms with van der Waals surface area (Å²) in [6.07, 6.45) is 0. The van der Waals surface area contributed by atoms with Gasteiger partial charge in [0.15, 0.2) is 0 Å². The number of para-hydroxylation sites is 1. The van der Waals surface area contributed by atoms with E-state index in [1.165, 1.54) is 16.8 Å². The van der Waals surface area contributed by atoms with E-state index in [0.717, 1.165) is 59.0 Å². The summed E-state index contributed by atoms with van der Waals surface area (Å²) >= 11 is 0. The van der Waals surface area contributed by atoms with Crippen LogP contribution in [0.15, 0.2) is 54.6 Å². The van der Waals surface area contributed by atoms with Crippen LogP contribution in [0.4, 0.5) is 5.69 Å². The number of benzene rings is 2. The minimum atomic E-state index is 0.235. The third-order valence-corrected chi connectivity index (χ3v) is 6.72. The van der Waals surface area contributed by atoms with Gasteiger partial charge in [-0.05, 0) is 17.2 Å². The van der Waals surface area contributed by atoms with Crippen LogP contribution in [0.1, 0.15) is 11.1 Å². The number of amides is 1. The van der Waals surface area contributed by atoms with Crippen LogP contribution >= 0.6 is 0 Å². The van der Waals surface area contributed by atoms with Gasteiger partial charge in [-0.3, -0.25) is 14.6 Å². The summed E-state index contributed by atoms with van der Waals surface area (Å²) < 4.78 is 5.45. The summed E-state index contributed by atoms with van der Waals surface area (Å²) in [5.74, 6) is 0.235. The molecule has 164 valence electrons. The second-order valence-electron chi connectivity index (χ2n) is 8.86. The summed E-state index contributed by atoms with van der Waals surface area (Å²) in [4.78, 5) is 22.7. The van der Waals surface area contributed by atoms with Gasteiger partial charge < -0.3 is 14.5 Å². The largest absolute Gasteiger partial charge is 0.379 e. The molecular formula is C25H32N4O2. The van der Waals surface area contributed by atoms with Crippen molar-refractivity contribution in [3.8, 4) is 0 Å². The molecule has 0 aromatic heterocycles. The molecule has 3 heterocycles. The number of nitrogens with zero attached hydrogens (tertiary/aromatic N) is 4. The summed E-state index contributed by atoms with van der Waals surface area (Å²) in [5.41, 5.74) is 3.91. The molecule has 6 nitrogen and oxygen atoms in total. The fraction of sp³-hybridized carbons (Fsp3) is 0.480. The lowest BCUT2D eigenvalue weighted by atomic mass is 10.1. The first-order valence-corrected chi connectivity index (χ1v) is 11.4. The van der Waals surface area contributed by atoms with Crippen molar-refractivity contribution >= 4 is 11.6 Å². The first-order valence-electron chi connectivity index (χ1n) is 11.4. The molecule has 3 aliphatic heterocycles. The Bertz CT molecular complexity index is 884. The maximum atomic E-state index is 13.3. The predicted molar refractivity (Wildman–Crippen MR) is 122 cm³/mol. The van der Waals surface area contributed by atoms with Crippen molar-refractivity contribution in [1.29, 1.82) is 0 Å². The van der Waals surface area contributed by atoms with Gasteiger partial charge in [-0.1, -0.05) is 48.5 Å². The molecule has 2 aromatic rings. The lowest BCUT2D eigenvalue weighted by molar-refractivity contribution is -0.134. The van der Waals surface area contributed by atoms with Crippen LogP contribution in [0.5, 0.6) is 0 Å². The van der Waals surface area contributed by atoms with E-state index >= 15 is 0 Å². The Morgan fingerprint density at radius 1 is 0.871 bits per heavy atom. The van der Waals surface area contributed by atoms with E-state index in [1.54, 1.807) is 0 Å². The number of hydrogen-bond donors (Lipinski definition) is 0. The molecule has 2 saturated heterocycles. The van der Waals surface area contributed by atoms with Crippen LogP contribution in [0, 0.1) is 0 Å². The van der Waals surface area contributed by atoms with E-state index in [2.05, 4.69) is 74.2 Å². The molecule has 0 radical (unpaired) electrons. The monoisotopic (exact) mass is 420 g/mol. The average Bonchev–Trinajstić information content (AvgIpc) is 2.97. The highest BCUT2D eigenvalue weighted by molar-refractivity contribution is 5.79. The zero-order chi connectivity index (χ0) is 21.0. The topological polar surface area (TPSA) is 39.3 Å². The Morgan fingerprint density at radius 2 is 1.65 bits per heavy atom. The quantitative estimate of drug-likeness (QED) is 0.757. The van der Waals surface area contributed by atoms with Gasteiger partial charge in [0, 0.05) is 58.0 Å². The summed E-state index contributed by atoms with van der Waals surface area (Å²) in [6, 6.07) is 19.6. The van der Waals surface area contributed by atoms with Gasteiger partial charge in [0.2, 0.25) is 5.91 Å². The van der Waals surface area contributed by atoms with Crippen LogP contribution in [-0.4, -0.2) is 85.7 Å². The fourth-order valence-corrected chi connectivity index (χ4v) is 5.07. The van der Waals surface area contributed by atoms with Crippen molar-refractivity contribution in [2.45, 2.75) is 19.1 Å². The zero-order valence-electron chi connectivity index (χ0n) is 18.2. The number of piperazine rings is 1. The van der Waals surface area contributed by atoms with E-state index < -0.39 is 0 Å². The summed E-state index contributed by atoms with van der Waals surface area (Å²) in [6.45, 7) is 9.09. The molecule has 2 aromatic carbocycles. The number of carbonyl (C=O) groups excluding carboxylic acids is 1. The van der Waals surface area contributed by atoms with Gasteiger partial charge in [0.1, 0.15) is 0 Å². The van der Waals surface area contributed by atoms with Crippen molar-refractivity contribution in [2.75, 3.05) is 63.9 Å². The van der Waals surface area contributed by atoms with Crippen molar-refractivity contribution in [2.24, 2.45) is 0 Å². The number of anilines is 1. The first kappa shape index (κ1) is 20.5. The minimum absolute atomic E-state index is 0.235. The molecule has 5 rings (SSSR count). The van der Waals surface area contributed by atoms with Crippen LogP contribution in [0.2, 0.25) is 0 Å². The smallest absolute Gasteiger partial charge is 0.237 e. The van der Waals surface area contributed by atoms with Crippen molar-refractivity contribution in [3.63, 3.8) is 0 Å². The highest BCUT2D eigenvalue weighted by atomic mass is 16.5. The lowest BCUT2D eigenvalue weighted by Crippen LogP contribution is -2.57. The van der Waals surface area contributed by atoms with Gasteiger partial charge in [0.05, 0.1) is 25.8 Å². The Morgan fingerprint density at radius 3 is 2.48 bits per heavy atom. The van der Waals surface area contributed by atoms with Gasteiger partial charge in [-0.15, -0.1) is 0 Å². The van der Waals surface area contributed by atoms with E-state index in [9.17, 15) is 4.79 Å². The van der Waals surface area contributed by atoms with Crippen molar-refractivity contribution in [1.82, 2.24) is 14.7 Å². The molecular weight excluding hydrogens is 388 g/mol. The number of carbonyl (C=O) groups is 1. The van der Waals surface area contributed by atoms with Gasteiger partial charge in [-0.2, -0.15) is 0 Å². The molecule has 3 aliphatic rings. The zero-order valence-corrected chi connectivity index (χ0v) is 18.2. The van der Waals surface area contributed by atoms with Crippen LogP contribution in [-0.2, 0) is 22.6 Å². The number of morpholine rings is 1. The van der Waals surface area contributed by atoms with Crippen molar-refractivity contribution in [3.05, 3.63) is 65.7 Å². The van der Waals surface area contributed by atoms with Crippen LogP contribution in [0.3, 0.4) is 0 Å². The molecule has 0 N–H and O–H groups in total. The Hall–Kier alpha value is -2.41. The third kappa shape index (κ3) is 4.76. The molecule has 1 amide bonds. The summed E-state index contributed by atoms with van der Waals surface area (Å²) in [7, 11) is 0. The third-order valence-electron chi connectivity index (χ3n) is 6.72. The second kappa shape index (κ2) is 9.39. The fourth-order valence-electron chi connectivity index (χ4n) is 5.07. The Balaban J connectivity index is 1.33. The second-order valence-corrected chi connectivity index (χ2v) is 8.86. The first-order chi connectivity index (χ1) is 15.3. The number of rotatable bonds is 4. The molecule has 6 heteroatoms. The SMILES string of the molecule is O=C(CN1CCOCC1)N1Cc2ccccc2N2CCN(Cc3ccccc3)CC2C1. The molecule has 31 heavy (non-hydrogen) atoms. The van der Waals surface area contributed by atoms with Gasteiger partial charge in [-0.25, -0.2) is 0 Å². The number of fused-ring (bicyclic) bond motifs is 3. The molecule has 0 aliphatic carbocycles. The Kier molecular flexibility index (Phi) is 6.20. The number of hydrogen-bond acceptors (Lipinski definition) is 5.